The van der Waals surface area contributed by atoms with Crippen LogP contribution in [0.3, 0.4) is 0 Å². The average Bonchev–Trinajstić information content (AvgIpc) is 3.54. The van der Waals surface area contributed by atoms with E-state index in [1.807, 2.05) is 6.07 Å². The minimum Gasteiger partial charge on any atom is -0.355 e. The number of hydrogen-bond acceptors (Lipinski definition) is 6. The van der Waals surface area contributed by atoms with Gasteiger partial charge in [0.15, 0.2) is 11.5 Å². The number of aromatic nitrogens is 2. The minimum absolute atomic E-state index is 0.175. The molecule has 8 nitrogen and oxygen atoms in total. The van der Waals surface area contributed by atoms with Gasteiger partial charge in [-0.05, 0) is 44.2 Å². The van der Waals surface area contributed by atoms with Crippen molar-refractivity contribution in [3.05, 3.63) is 17.8 Å². The van der Waals surface area contributed by atoms with Crippen LogP contribution in [0.25, 0.3) is 0 Å². The lowest BCUT2D eigenvalue weighted by Gasteiger charge is -2.33. The summed E-state index contributed by atoms with van der Waals surface area (Å²) < 4.78 is 26.1. The summed E-state index contributed by atoms with van der Waals surface area (Å²) >= 11 is 0. The van der Waals surface area contributed by atoms with Crippen molar-refractivity contribution in [1.29, 1.82) is 0 Å². The summed E-state index contributed by atoms with van der Waals surface area (Å²) in [5.41, 5.74) is 0.323. The van der Waals surface area contributed by atoms with Crippen molar-refractivity contribution >= 4 is 21.7 Å². The van der Waals surface area contributed by atoms with Crippen LogP contribution in [0.4, 0.5) is 5.82 Å². The second-order valence-corrected chi connectivity index (χ2v) is 9.47. The number of amides is 1. The second-order valence-electron chi connectivity index (χ2n) is 7.26. The highest BCUT2D eigenvalue weighted by Gasteiger charge is 2.41. The number of piperazine rings is 1. The Hall–Kier alpha value is -1.74. The van der Waals surface area contributed by atoms with Crippen LogP contribution in [-0.4, -0.2) is 78.2 Å². The molecule has 0 radical (unpaired) electrons. The molecule has 4 rings (SSSR count). The Morgan fingerprint density at radius 1 is 0.923 bits per heavy atom. The Kier molecular flexibility index (Phi) is 4.83. The van der Waals surface area contributed by atoms with Gasteiger partial charge in [-0.3, -0.25) is 4.79 Å². The van der Waals surface area contributed by atoms with Crippen molar-refractivity contribution in [2.24, 2.45) is 0 Å². The van der Waals surface area contributed by atoms with Gasteiger partial charge < -0.3 is 9.80 Å². The summed E-state index contributed by atoms with van der Waals surface area (Å²) in [6, 6.07) is 3.59. The average molecular weight is 379 g/mol. The summed E-state index contributed by atoms with van der Waals surface area (Å²) in [5, 5.41) is 8.15. The molecular weight excluding hydrogens is 354 g/mol. The van der Waals surface area contributed by atoms with E-state index in [9.17, 15) is 13.2 Å². The van der Waals surface area contributed by atoms with Gasteiger partial charge in [-0.25, -0.2) is 8.42 Å². The number of anilines is 1. The van der Waals surface area contributed by atoms with E-state index in [0.29, 0.717) is 31.9 Å². The maximum absolute atomic E-state index is 12.6. The molecule has 2 aliphatic heterocycles. The highest BCUT2D eigenvalue weighted by Crippen LogP contribution is 2.31. The van der Waals surface area contributed by atoms with Gasteiger partial charge in [0.05, 0.1) is 5.25 Å². The lowest BCUT2D eigenvalue weighted by molar-refractivity contribution is 0.0690. The Balaban J connectivity index is 1.36. The van der Waals surface area contributed by atoms with Crippen molar-refractivity contribution in [2.45, 2.75) is 37.4 Å². The molecule has 9 heteroatoms. The quantitative estimate of drug-likeness (QED) is 0.766. The molecule has 1 aromatic rings. The van der Waals surface area contributed by atoms with Gasteiger partial charge in [0, 0.05) is 39.3 Å². The van der Waals surface area contributed by atoms with E-state index >= 15 is 0 Å². The van der Waals surface area contributed by atoms with Crippen LogP contribution in [0.1, 0.15) is 42.6 Å². The van der Waals surface area contributed by atoms with Gasteiger partial charge in [0.25, 0.3) is 5.91 Å². The molecule has 3 fully saturated rings. The molecule has 0 atom stereocenters. The van der Waals surface area contributed by atoms with E-state index in [1.54, 1.807) is 11.0 Å². The van der Waals surface area contributed by atoms with Crippen LogP contribution in [0.2, 0.25) is 0 Å². The number of carbonyl (C=O) groups excluding carboxylic acids is 1. The molecular formula is C17H25N5O3S. The fourth-order valence-corrected chi connectivity index (χ4v) is 5.44. The maximum atomic E-state index is 12.6. The number of nitrogens with zero attached hydrogens (tertiary/aromatic N) is 5. The Bertz CT molecular complexity index is 749. The van der Waals surface area contributed by atoms with E-state index in [4.69, 9.17) is 0 Å². The summed E-state index contributed by atoms with van der Waals surface area (Å²) in [4.78, 5) is 16.5. The number of hydrogen-bond donors (Lipinski definition) is 0. The topological polar surface area (TPSA) is 86.7 Å². The summed E-state index contributed by atoms with van der Waals surface area (Å²) in [6.07, 6.45) is 5.11. The Morgan fingerprint density at radius 3 is 2.19 bits per heavy atom. The molecule has 0 unspecified atom stereocenters. The molecule has 1 aliphatic carbocycles. The molecule has 1 saturated carbocycles. The third-order valence-electron chi connectivity index (χ3n) is 5.38. The highest BCUT2D eigenvalue weighted by atomic mass is 32.2. The first kappa shape index (κ1) is 17.7. The second kappa shape index (κ2) is 7.11. The van der Waals surface area contributed by atoms with Crippen molar-refractivity contribution in [3.63, 3.8) is 0 Å². The van der Waals surface area contributed by atoms with Gasteiger partial charge >= 0.3 is 0 Å². The standard InChI is InChI=1S/C17H25N5O3S/c23-17(15-6-7-16(19-18-15)20-8-2-1-3-9-20)21-10-12-22(13-11-21)26(24,25)14-4-5-14/h6-7,14H,1-5,8-13H2. The smallest absolute Gasteiger partial charge is 0.274 e. The lowest BCUT2D eigenvalue weighted by atomic mass is 10.1. The molecule has 0 N–H and O–H groups in total. The van der Waals surface area contributed by atoms with Crippen molar-refractivity contribution < 1.29 is 13.2 Å². The summed E-state index contributed by atoms with van der Waals surface area (Å²) in [5.74, 6) is 0.646. The van der Waals surface area contributed by atoms with Crippen LogP contribution < -0.4 is 4.90 Å². The summed E-state index contributed by atoms with van der Waals surface area (Å²) in [7, 11) is -3.16. The van der Waals surface area contributed by atoms with Crippen LogP contribution >= 0.6 is 0 Å². The van der Waals surface area contributed by atoms with E-state index in [-0.39, 0.29) is 11.2 Å². The lowest BCUT2D eigenvalue weighted by Crippen LogP contribution is -2.51. The van der Waals surface area contributed by atoms with Gasteiger partial charge in [-0.2, -0.15) is 4.31 Å². The third-order valence-corrected chi connectivity index (χ3v) is 7.78. The van der Waals surface area contributed by atoms with E-state index in [2.05, 4.69) is 15.1 Å². The molecule has 2 saturated heterocycles. The monoisotopic (exact) mass is 379 g/mol. The largest absolute Gasteiger partial charge is 0.355 e. The van der Waals surface area contributed by atoms with Crippen molar-refractivity contribution in [3.8, 4) is 0 Å². The summed E-state index contributed by atoms with van der Waals surface area (Å²) in [6.45, 7) is 3.51. The van der Waals surface area contributed by atoms with Crippen LogP contribution in [0.15, 0.2) is 12.1 Å². The number of carbonyl (C=O) groups is 1. The van der Waals surface area contributed by atoms with Gasteiger partial charge in [0.2, 0.25) is 10.0 Å². The zero-order valence-corrected chi connectivity index (χ0v) is 15.7. The molecule has 1 aromatic heterocycles. The number of sulfonamides is 1. The first-order valence-corrected chi connectivity index (χ1v) is 10.9. The Labute approximate surface area is 154 Å². The first-order valence-electron chi connectivity index (χ1n) is 9.42. The number of rotatable bonds is 4. The van der Waals surface area contributed by atoms with Crippen LogP contribution in [-0.2, 0) is 10.0 Å². The van der Waals surface area contributed by atoms with E-state index in [0.717, 1.165) is 44.6 Å². The molecule has 3 heterocycles. The molecule has 3 aliphatic rings. The molecule has 26 heavy (non-hydrogen) atoms. The van der Waals surface area contributed by atoms with Crippen LogP contribution in [0.5, 0.6) is 0 Å². The molecule has 142 valence electrons. The zero-order valence-electron chi connectivity index (χ0n) is 14.9. The highest BCUT2D eigenvalue weighted by molar-refractivity contribution is 7.90. The van der Waals surface area contributed by atoms with Crippen molar-refractivity contribution in [1.82, 2.24) is 19.4 Å². The van der Waals surface area contributed by atoms with E-state index in [1.165, 1.54) is 10.7 Å². The normalized spacial score (nSPS) is 22.5. The Morgan fingerprint density at radius 2 is 1.62 bits per heavy atom. The number of piperidine rings is 1. The van der Waals surface area contributed by atoms with Gasteiger partial charge in [-0.1, -0.05) is 0 Å². The SMILES string of the molecule is O=C(c1ccc(N2CCCCC2)nn1)N1CCN(S(=O)(=O)C2CC2)CC1. The van der Waals surface area contributed by atoms with Crippen LogP contribution in [0, 0.1) is 0 Å². The fourth-order valence-electron chi connectivity index (χ4n) is 3.62. The third kappa shape index (κ3) is 3.55. The van der Waals surface area contributed by atoms with Gasteiger partial charge in [-0.15, -0.1) is 10.2 Å². The molecule has 0 spiro atoms. The first-order chi connectivity index (χ1) is 12.6. The predicted octanol–water partition coefficient (Wildman–Crippen LogP) is 0.717. The predicted molar refractivity (Wildman–Crippen MR) is 97.5 cm³/mol. The molecule has 0 bridgehead atoms. The minimum atomic E-state index is -3.16. The molecule has 0 aromatic carbocycles. The fraction of sp³-hybridized carbons (Fsp3) is 0.706. The molecule has 1 amide bonds. The van der Waals surface area contributed by atoms with Crippen molar-refractivity contribution in [2.75, 3.05) is 44.2 Å². The van der Waals surface area contributed by atoms with E-state index < -0.39 is 10.0 Å². The maximum Gasteiger partial charge on any atom is 0.274 e. The zero-order chi connectivity index (χ0) is 18.1. The van der Waals surface area contributed by atoms with Gasteiger partial charge in [0.1, 0.15) is 0 Å².